The standard InChI is InChI=1S/C17H21FN2O2/c1-2-7-17-8-4-9-20(17)19(16(22)11-15(17)21)12-13-5-3-6-14(18)10-13/h3,5-6,10H,2,4,7-9,11-12H2,1H3/t17-/m1/s1. The van der Waals surface area contributed by atoms with Crippen molar-refractivity contribution in [3.63, 3.8) is 0 Å². The van der Waals surface area contributed by atoms with E-state index in [9.17, 15) is 14.0 Å². The molecule has 1 aromatic carbocycles. The number of carbonyl (C=O) groups excluding carboxylic acids is 2. The van der Waals surface area contributed by atoms with Gasteiger partial charge < -0.3 is 0 Å². The Hall–Kier alpha value is -1.75. The number of rotatable bonds is 4. The fourth-order valence-electron chi connectivity index (χ4n) is 3.82. The molecule has 2 aliphatic rings. The lowest BCUT2D eigenvalue weighted by atomic mass is 9.83. The summed E-state index contributed by atoms with van der Waals surface area (Å²) in [4.78, 5) is 24.9. The Kier molecular flexibility index (Phi) is 4.00. The van der Waals surface area contributed by atoms with E-state index in [0.29, 0.717) is 13.1 Å². The normalized spacial score (nSPS) is 25.6. The molecule has 0 saturated carbocycles. The van der Waals surface area contributed by atoms with Gasteiger partial charge in [-0.05, 0) is 37.0 Å². The van der Waals surface area contributed by atoms with E-state index in [-0.39, 0.29) is 23.9 Å². The van der Waals surface area contributed by atoms with Gasteiger partial charge in [-0.2, -0.15) is 0 Å². The first-order chi connectivity index (χ1) is 10.6. The van der Waals surface area contributed by atoms with Crippen LogP contribution in [-0.2, 0) is 16.1 Å². The second kappa shape index (κ2) is 5.80. The fraction of sp³-hybridized carbons (Fsp3) is 0.529. The van der Waals surface area contributed by atoms with Crippen molar-refractivity contribution >= 4 is 11.7 Å². The summed E-state index contributed by atoms with van der Waals surface area (Å²) in [6, 6.07) is 6.29. The molecule has 0 N–H and O–H groups in total. The van der Waals surface area contributed by atoms with E-state index in [2.05, 4.69) is 6.92 Å². The summed E-state index contributed by atoms with van der Waals surface area (Å²) in [5, 5.41) is 3.62. The van der Waals surface area contributed by atoms with Crippen LogP contribution in [0.3, 0.4) is 0 Å². The highest BCUT2D eigenvalue weighted by atomic mass is 19.1. The van der Waals surface area contributed by atoms with Crippen LogP contribution >= 0.6 is 0 Å². The van der Waals surface area contributed by atoms with Crippen molar-refractivity contribution in [2.75, 3.05) is 6.54 Å². The molecule has 0 spiro atoms. The van der Waals surface area contributed by atoms with Crippen LogP contribution in [0.25, 0.3) is 0 Å². The molecule has 2 aliphatic heterocycles. The number of nitrogens with zero attached hydrogens (tertiary/aromatic N) is 2. The number of Topliss-reactive ketones (excluding diaryl/α,β-unsaturated/α-hetero) is 1. The predicted octanol–water partition coefficient (Wildman–Crippen LogP) is 2.68. The molecule has 2 heterocycles. The Labute approximate surface area is 129 Å². The summed E-state index contributed by atoms with van der Waals surface area (Å²) in [5.41, 5.74) is 0.232. The number of ketones is 1. The average molecular weight is 304 g/mol. The van der Waals surface area contributed by atoms with Crippen molar-refractivity contribution in [2.24, 2.45) is 0 Å². The van der Waals surface area contributed by atoms with Gasteiger partial charge in [0.15, 0.2) is 5.78 Å². The van der Waals surface area contributed by atoms with E-state index >= 15 is 0 Å². The summed E-state index contributed by atoms with van der Waals surface area (Å²) in [5.74, 6) is -0.436. The number of hydrogen-bond donors (Lipinski definition) is 0. The fourth-order valence-corrected chi connectivity index (χ4v) is 3.82. The lowest BCUT2D eigenvalue weighted by Crippen LogP contribution is -2.64. The minimum atomic E-state index is -0.518. The molecule has 1 aromatic rings. The maximum Gasteiger partial charge on any atom is 0.244 e. The summed E-state index contributed by atoms with van der Waals surface area (Å²) in [7, 11) is 0. The van der Waals surface area contributed by atoms with Gasteiger partial charge in [0, 0.05) is 6.54 Å². The largest absolute Gasteiger partial charge is 0.297 e. The van der Waals surface area contributed by atoms with Crippen molar-refractivity contribution < 1.29 is 14.0 Å². The van der Waals surface area contributed by atoms with E-state index in [1.165, 1.54) is 12.1 Å². The highest BCUT2D eigenvalue weighted by molar-refractivity contribution is 6.05. The van der Waals surface area contributed by atoms with Gasteiger partial charge in [0.1, 0.15) is 5.82 Å². The number of hydrazine groups is 1. The third kappa shape index (κ3) is 2.43. The number of halogens is 1. The molecule has 0 bridgehead atoms. The first-order valence-corrected chi connectivity index (χ1v) is 7.92. The third-order valence-electron chi connectivity index (χ3n) is 4.75. The highest BCUT2D eigenvalue weighted by Gasteiger charge is 2.53. The highest BCUT2D eigenvalue weighted by Crippen LogP contribution is 2.40. The van der Waals surface area contributed by atoms with Crippen LogP contribution in [0.2, 0.25) is 0 Å². The molecule has 2 saturated heterocycles. The number of fused-ring (bicyclic) bond motifs is 1. The first-order valence-electron chi connectivity index (χ1n) is 7.92. The van der Waals surface area contributed by atoms with E-state index in [0.717, 1.165) is 31.2 Å². The molecular formula is C17H21FN2O2. The number of benzene rings is 1. The second-order valence-electron chi connectivity index (χ2n) is 6.19. The number of carbonyl (C=O) groups is 2. The monoisotopic (exact) mass is 304 g/mol. The average Bonchev–Trinajstić information content (AvgIpc) is 2.89. The molecule has 118 valence electrons. The zero-order chi connectivity index (χ0) is 15.7. The van der Waals surface area contributed by atoms with E-state index < -0.39 is 5.54 Å². The van der Waals surface area contributed by atoms with Crippen LogP contribution in [-0.4, -0.2) is 33.8 Å². The topological polar surface area (TPSA) is 40.6 Å². The Morgan fingerprint density at radius 3 is 2.86 bits per heavy atom. The molecule has 22 heavy (non-hydrogen) atoms. The molecule has 4 nitrogen and oxygen atoms in total. The van der Waals surface area contributed by atoms with Crippen LogP contribution in [0, 0.1) is 5.82 Å². The molecule has 1 amide bonds. The quantitative estimate of drug-likeness (QED) is 0.803. The summed E-state index contributed by atoms with van der Waals surface area (Å²) < 4.78 is 13.4. The van der Waals surface area contributed by atoms with Gasteiger partial charge in [-0.1, -0.05) is 25.5 Å². The number of hydrogen-bond acceptors (Lipinski definition) is 3. The lowest BCUT2D eigenvalue weighted by Gasteiger charge is -2.47. The summed E-state index contributed by atoms with van der Waals surface area (Å²) in [6.07, 6.45) is 3.38. The van der Waals surface area contributed by atoms with Gasteiger partial charge in [-0.25, -0.2) is 9.40 Å². The van der Waals surface area contributed by atoms with Crippen molar-refractivity contribution in [2.45, 2.75) is 51.1 Å². The van der Waals surface area contributed by atoms with Gasteiger partial charge >= 0.3 is 0 Å². The van der Waals surface area contributed by atoms with E-state index in [1.807, 2.05) is 11.1 Å². The maximum absolute atomic E-state index is 13.4. The second-order valence-corrected chi connectivity index (χ2v) is 6.19. The molecule has 0 radical (unpaired) electrons. The van der Waals surface area contributed by atoms with E-state index in [4.69, 9.17) is 0 Å². The van der Waals surface area contributed by atoms with Crippen LogP contribution in [0.4, 0.5) is 4.39 Å². The third-order valence-corrected chi connectivity index (χ3v) is 4.75. The van der Waals surface area contributed by atoms with Crippen LogP contribution in [0.5, 0.6) is 0 Å². The Bertz CT molecular complexity index is 604. The smallest absolute Gasteiger partial charge is 0.244 e. The molecule has 5 heteroatoms. The van der Waals surface area contributed by atoms with Crippen LogP contribution < -0.4 is 0 Å². The molecule has 3 rings (SSSR count). The zero-order valence-corrected chi connectivity index (χ0v) is 12.8. The molecule has 0 aliphatic carbocycles. The first kappa shape index (κ1) is 15.2. The summed E-state index contributed by atoms with van der Waals surface area (Å²) >= 11 is 0. The van der Waals surface area contributed by atoms with Gasteiger partial charge in [0.2, 0.25) is 5.91 Å². The van der Waals surface area contributed by atoms with Crippen LogP contribution in [0.15, 0.2) is 24.3 Å². The van der Waals surface area contributed by atoms with Crippen molar-refractivity contribution in [1.29, 1.82) is 0 Å². The Morgan fingerprint density at radius 2 is 2.14 bits per heavy atom. The van der Waals surface area contributed by atoms with E-state index in [1.54, 1.807) is 11.1 Å². The van der Waals surface area contributed by atoms with Gasteiger partial charge in [0.25, 0.3) is 0 Å². The van der Waals surface area contributed by atoms with Crippen molar-refractivity contribution in [3.8, 4) is 0 Å². The van der Waals surface area contributed by atoms with Crippen LogP contribution in [0.1, 0.15) is 44.6 Å². The SMILES string of the molecule is CCC[C@]12CCCN1N(Cc1cccc(F)c1)C(=O)CC2=O. The maximum atomic E-state index is 13.4. The predicted molar refractivity (Wildman–Crippen MR) is 80.2 cm³/mol. The minimum absolute atomic E-state index is 0.0359. The van der Waals surface area contributed by atoms with Gasteiger partial charge in [-0.3, -0.25) is 14.6 Å². The molecular weight excluding hydrogens is 283 g/mol. The molecule has 0 unspecified atom stereocenters. The van der Waals surface area contributed by atoms with Crippen molar-refractivity contribution in [1.82, 2.24) is 10.0 Å². The molecule has 2 fully saturated rings. The Morgan fingerprint density at radius 1 is 1.32 bits per heavy atom. The Balaban J connectivity index is 1.89. The van der Waals surface area contributed by atoms with Gasteiger partial charge in [-0.15, -0.1) is 0 Å². The minimum Gasteiger partial charge on any atom is -0.297 e. The summed E-state index contributed by atoms with van der Waals surface area (Å²) in [6.45, 7) is 3.11. The lowest BCUT2D eigenvalue weighted by molar-refractivity contribution is -0.178. The van der Waals surface area contributed by atoms with Gasteiger partial charge in [0.05, 0.1) is 18.5 Å². The zero-order valence-electron chi connectivity index (χ0n) is 12.8. The molecule has 0 aromatic heterocycles. The number of amides is 1. The molecule has 1 atom stereocenters. The van der Waals surface area contributed by atoms with Crippen molar-refractivity contribution in [3.05, 3.63) is 35.6 Å².